The molecule has 0 radical (unpaired) electrons. The summed E-state index contributed by atoms with van der Waals surface area (Å²) in [7, 11) is -2.05. The molecule has 3 aliphatic rings. The van der Waals surface area contributed by atoms with Crippen molar-refractivity contribution >= 4 is 26.0 Å². The molecular formula is C22H33NO5Si. The van der Waals surface area contributed by atoms with Gasteiger partial charge in [0.1, 0.15) is 12.3 Å². The third-order valence-electron chi connectivity index (χ3n) is 7.01. The lowest BCUT2D eigenvalue weighted by atomic mass is 9.72. The highest BCUT2D eigenvalue weighted by Crippen LogP contribution is 2.52. The van der Waals surface area contributed by atoms with Crippen LogP contribution in [0, 0.1) is 11.8 Å². The number of Topliss-reactive ketones (excluding diaryl/α,β-unsaturated/α-hetero) is 1. The zero-order valence-corrected chi connectivity index (χ0v) is 19.4. The Labute approximate surface area is 174 Å². The van der Waals surface area contributed by atoms with E-state index in [1.807, 2.05) is 6.92 Å². The van der Waals surface area contributed by atoms with Crippen LogP contribution in [-0.4, -0.2) is 49.6 Å². The second-order valence-electron chi connectivity index (χ2n) is 9.88. The maximum absolute atomic E-state index is 13.1. The fourth-order valence-electron chi connectivity index (χ4n) is 4.57. The monoisotopic (exact) mass is 419 g/mol. The largest absolute Gasteiger partial charge is 0.457 e. The summed E-state index contributed by atoms with van der Waals surface area (Å²) in [5.74, 6) is -1.21. The first-order chi connectivity index (χ1) is 13.4. The molecule has 0 spiro atoms. The second-order valence-corrected chi connectivity index (χ2v) is 14.6. The summed E-state index contributed by atoms with van der Waals surface area (Å²) in [6, 6.07) is -0.187. The van der Waals surface area contributed by atoms with Gasteiger partial charge in [0.25, 0.3) is 0 Å². The van der Waals surface area contributed by atoms with Gasteiger partial charge in [-0.05, 0) is 37.9 Å². The molecule has 0 aromatic heterocycles. The number of amides is 1. The Bertz CT molecular complexity index is 779. The van der Waals surface area contributed by atoms with Crippen LogP contribution >= 0.6 is 0 Å². The van der Waals surface area contributed by atoms with Crippen molar-refractivity contribution in [3.63, 3.8) is 0 Å². The molecule has 6 nitrogen and oxygen atoms in total. The molecule has 2 fully saturated rings. The summed E-state index contributed by atoms with van der Waals surface area (Å²) in [6.07, 6.45) is 3.22. The molecule has 2 heterocycles. The van der Waals surface area contributed by atoms with E-state index in [2.05, 4.69) is 40.4 Å². The van der Waals surface area contributed by atoms with Crippen LogP contribution in [0.2, 0.25) is 18.1 Å². The van der Waals surface area contributed by atoms with E-state index >= 15 is 0 Å². The predicted molar refractivity (Wildman–Crippen MR) is 112 cm³/mol. The number of rotatable bonds is 6. The number of fused-ring (bicyclic) bond motifs is 3. The fourth-order valence-corrected chi connectivity index (χ4v) is 6.00. The zero-order chi connectivity index (χ0) is 21.7. The third kappa shape index (κ3) is 3.52. The highest BCUT2D eigenvalue weighted by atomic mass is 28.4. The molecule has 160 valence electrons. The molecule has 2 aliphatic heterocycles. The van der Waals surface area contributed by atoms with Crippen LogP contribution in [0.5, 0.6) is 0 Å². The lowest BCUT2D eigenvalue weighted by molar-refractivity contribution is -0.163. The van der Waals surface area contributed by atoms with Gasteiger partial charge in [-0.15, -0.1) is 0 Å². The Morgan fingerprint density at radius 3 is 2.59 bits per heavy atom. The number of carbonyl (C=O) groups is 3. The standard InChI is InChI=1S/C22H33NO5Si/c1-8-12-27-21(26)19-17-14(10-9-11-15(17)24)18-16(20(25)23(18)19)13(2)28-29(6,7)22(3,4)5/h8,13-14,16,18H,1,9-12H2,2-7H3/t13?,14-,16-,18-/m1/s1. The Morgan fingerprint density at radius 1 is 1.34 bits per heavy atom. The second kappa shape index (κ2) is 7.51. The van der Waals surface area contributed by atoms with Crippen LogP contribution < -0.4 is 0 Å². The Kier molecular flexibility index (Phi) is 5.68. The zero-order valence-electron chi connectivity index (χ0n) is 18.4. The van der Waals surface area contributed by atoms with Crippen molar-refractivity contribution in [2.75, 3.05) is 6.61 Å². The summed E-state index contributed by atoms with van der Waals surface area (Å²) < 4.78 is 11.7. The van der Waals surface area contributed by atoms with E-state index in [0.717, 1.165) is 12.8 Å². The van der Waals surface area contributed by atoms with Crippen molar-refractivity contribution in [1.82, 2.24) is 4.90 Å². The van der Waals surface area contributed by atoms with Crippen molar-refractivity contribution in [2.24, 2.45) is 11.8 Å². The first kappa shape index (κ1) is 22.0. The molecule has 0 aromatic rings. The highest BCUT2D eigenvalue weighted by molar-refractivity contribution is 6.74. The Hall–Kier alpha value is -1.73. The molecule has 0 aromatic carbocycles. The van der Waals surface area contributed by atoms with E-state index in [1.165, 1.54) is 11.0 Å². The van der Waals surface area contributed by atoms with Gasteiger partial charge >= 0.3 is 5.97 Å². The van der Waals surface area contributed by atoms with Crippen LogP contribution in [0.3, 0.4) is 0 Å². The van der Waals surface area contributed by atoms with Gasteiger partial charge in [0, 0.05) is 17.9 Å². The average Bonchev–Trinajstić information content (AvgIpc) is 2.90. The molecule has 1 saturated heterocycles. The first-order valence-electron chi connectivity index (χ1n) is 10.5. The van der Waals surface area contributed by atoms with Crippen LogP contribution in [0.25, 0.3) is 0 Å². The topological polar surface area (TPSA) is 72.9 Å². The number of esters is 1. The number of carbonyl (C=O) groups excluding carboxylic acids is 3. The normalized spacial score (nSPS) is 27.9. The van der Waals surface area contributed by atoms with E-state index in [-0.39, 0.29) is 53.0 Å². The molecule has 1 aliphatic carbocycles. The molecule has 7 heteroatoms. The van der Waals surface area contributed by atoms with E-state index in [1.54, 1.807) is 0 Å². The van der Waals surface area contributed by atoms with Crippen molar-refractivity contribution in [3.05, 3.63) is 23.9 Å². The van der Waals surface area contributed by atoms with Crippen LogP contribution in [0.15, 0.2) is 23.9 Å². The minimum atomic E-state index is -2.05. The predicted octanol–water partition coefficient (Wildman–Crippen LogP) is 3.59. The quantitative estimate of drug-likeness (QED) is 0.285. The Balaban J connectivity index is 1.89. The lowest BCUT2D eigenvalue weighted by Crippen LogP contribution is -2.65. The van der Waals surface area contributed by atoms with Gasteiger partial charge in [0.2, 0.25) is 5.91 Å². The molecule has 0 bridgehead atoms. The first-order valence-corrected chi connectivity index (χ1v) is 13.4. The van der Waals surface area contributed by atoms with Gasteiger partial charge in [-0.25, -0.2) is 4.79 Å². The number of hydrogen-bond acceptors (Lipinski definition) is 5. The molecule has 29 heavy (non-hydrogen) atoms. The van der Waals surface area contributed by atoms with Crippen molar-refractivity contribution < 1.29 is 23.5 Å². The van der Waals surface area contributed by atoms with E-state index in [0.29, 0.717) is 12.0 Å². The van der Waals surface area contributed by atoms with Gasteiger partial charge in [0.05, 0.1) is 18.1 Å². The summed E-state index contributed by atoms with van der Waals surface area (Å²) in [5.41, 5.74) is 0.651. The summed E-state index contributed by atoms with van der Waals surface area (Å²) >= 11 is 0. The maximum Gasteiger partial charge on any atom is 0.355 e. The molecule has 1 unspecified atom stereocenters. The Morgan fingerprint density at radius 2 is 2.00 bits per heavy atom. The highest BCUT2D eigenvalue weighted by Gasteiger charge is 2.63. The van der Waals surface area contributed by atoms with Crippen LogP contribution in [0.4, 0.5) is 0 Å². The number of ketones is 1. The molecular weight excluding hydrogens is 386 g/mol. The van der Waals surface area contributed by atoms with Gasteiger partial charge in [-0.2, -0.15) is 0 Å². The minimum Gasteiger partial charge on any atom is -0.457 e. The molecule has 3 rings (SSSR count). The molecule has 0 N–H and O–H groups in total. The van der Waals surface area contributed by atoms with Crippen molar-refractivity contribution in [1.29, 1.82) is 0 Å². The maximum atomic E-state index is 13.1. The van der Waals surface area contributed by atoms with E-state index < -0.39 is 14.3 Å². The fraction of sp³-hybridized carbons (Fsp3) is 0.682. The molecule has 4 atom stereocenters. The van der Waals surface area contributed by atoms with Crippen molar-refractivity contribution in [2.45, 2.75) is 77.2 Å². The smallest absolute Gasteiger partial charge is 0.355 e. The third-order valence-corrected chi connectivity index (χ3v) is 11.6. The van der Waals surface area contributed by atoms with Crippen molar-refractivity contribution in [3.8, 4) is 0 Å². The summed E-state index contributed by atoms with van der Waals surface area (Å²) in [4.78, 5) is 40.0. The number of β-lactam (4-membered cyclic amide) rings is 1. The SMILES string of the molecule is C=CCOC(=O)C1=C2C(=O)CCC[C@H]2[C@@H]2[C@@H](C(C)O[Si](C)(C)C(C)(C)C)C(=O)N12. The van der Waals surface area contributed by atoms with Crippen LogP contribution in [-0.2, 0) is 23.5 Å². The summed E-state index contributed by atoms with van der Waals surface area (Å²) in [6.45, 7) is 16.4. The van der Waals surface area contributed by atoms with Gasteiger partial charge in [-0.1, -0.05) is 33.4 Å². The molecule has 1 amide bonds. The minimum absolute atomic E-state index is 0.0350. The molecule has 1 saturated carbocycles. The van der Waals surface area contributed by atoms with Gasteiger partial charge in [0.15, 0.2) is 14.1 Å². The van der Waals surface area contributed by atoms with E-state index in [4.69, 9.17) is 9.16 Å². The van der Waals surface area contributed by atoms with Gasteiger partial charge in [-0.3, -0.25) is 9.59 Å². The number of ether oxygens (including phenoxy) is 1. The van der Waals surface area contributed by atoms with Crippen LogP contribution in [0.1, 0.15) is 47.0 Å². The summed E-state index contributed by atoms with van der Waals surface area (Å²) in [5, 5.41) is 0.0350. The van der Waals surface area contributed by atoms with E-state index in [9.17, 15) is 14.4 Å². The number of hydrogen-bond donors (Lipinski definition) is 0. The number of nitrogens with zero attached hydrogens (tertiary/aromatic N) is 1. The average molecular weight is 420 g/mol. The lowest BCUT2D eigenvalue weighted by Gasteiger charge is -2.50. The van der Waals surface area contributed by atoms with Gasteiger partial charge < -0.3 is 14.1 Å².